The average Bonchev–Trinajstić information content (AvgIpc) is 2.23. The minimum Gasteiger partial charge on any atom is -0.147 e. The van der Waals surface area contributed by atoms with Crippen LogP contribution in [0.5, 0.6) is 0 Å². The van der Waals surface area contributed by atoms with Gasteiger partial charge in [0.1, 0.15) is 0 Å². The maximum Gasteiger partial charge on any atom is 0.0643 e. The molecular weight excluding hydrogens is 220 g/mol. The van der Waals surface area contributed by atoms with E-state index in [0.717, 1.165) is 5.75 Å². The summed E-state index contributed by atoms with van der Waals surface area (Å²) in [6, 6.07) is 0. The van der Waals surface area contributed by atoms with Crippen LogP contribution in [0.25, 0.3) is 0 Å². The molecule has 0 spiro atoms. The lowest BCUT2D eigenvalue weighted by molar-refractivity contribution is 0.778. The minimum absolute atomic E-state index is 0.372. The Hall–Kier alpha value is 0.180. The van der Waals surface area contributed by atoms with Crippen molar-refractivity contribution in [2.75, 3.05) is 12.0 Å². The molecule has 0 nitrogen and oxygen atoms in total. The summed E-state index contributed by atoms with van der Waals surface area (Å²) in [5, 5.41) is 0. The predicted octanol–water partition coefficient (Wildman–Crippen LogP) is 5.12. The Bertz CT molecular complexity index is 209. The van der Waals surface area contributed by atoms with Crippen LogP contribution in [0.1, 0.15) is 40.5 Å². The van der Waals surface area contributed by atoms with Crippen LogP contribution in [-0.2, 0) is 0 Å². The van der Waals surface area contributed by atoms with E-state index in [-0.39, 0.29) is 0 Å². The van der Waals surface area contributed by atoms with Crippen molar-refractivity contribution in [3.05, 3.63) is 23.8 Å². The topological polar surface area (TPSA) is 0 Å². The van der Waals surface area contributed by atoms with Crippen LogP contribution in [0.3, 0.4) is 0 Å². The van der Waals surface area contributed by atoms with Crippen molar-refractivity contribution in [2.45, 2.75) is 44.6 Å². The SMILES string of the molecule is C/C=C/CSC(CC)(CC=C(C)C)SC. The zero-order valence-electron chi connectivity index (χ0n) is 10.7. The summed E-state index contributed by atoms with van der Waals surface area (Å²) in [6.45, 7) is 8.73. The lowest BCUT2D eigenvalue weighted by Crippen LogP contribution is -2.18. The molecule has 1 atom stereocenters. The lowest BCUT2D eigenvalue weighted by atomic mass is 10.2. The first-order chi connectivity index (χ1) is 7.10. The van der Waals surface area contributed by atoms with E-state index >= 15 is 0 Å². The number of hydrogen-bond acceptors (Lipinski definition) is 2. The van der Waals surface area contributed by atoms with E-state index in [1.807, 2.05) is 11.8 Å². The fraction of sp³-hybridized carbons (Fsp3) is 0.692. The van der Waals surface area contributed by atoms with E-state index in [4.69, 9.17) is 0 Å². The van der Waals surface area contributed by atoms with Gasteiger partial charge in [-0.15, -0.1) is 23.5 Å². The fourth-order valence-corrected chi connectivity index (χ4v) is 3.46. The van der Waals surface area contributed by atoms with Gasteiger partial charge in [0.15, 0.2) is 0 Å². The van der Waals surface area contributed by atoms with Gasteiger partial charge in [-0.1, -0.05) is 30.7 Å². The van der Waals surface area contributed by atoms with E-state index in [1.54, 1.807) is 0 Å². The van der Waals surface area contributed by atoms with Gasteiger partial charge in [0.2, 0.25) is 0 Å². The Kier molecular flexibility index (Phi) is 8.45. The van der Waals surface area contributed by atoms with E-state index < -0.39 is 0 Å². The third kappa shape index (κ3) is 6.36. The summed E-state index contributed by atoms with van der Waals surface area (Å²) in [6.07, 6.45) is 11.4. The molecule has 0 aromatic carbocycles. The molecule has 0 heterocycles. The molecule has 0 bridgehead atoms. The van der Waals surface area contributed by atoms with Gasteiger partial charge in [-0.2, -0.15) is 0 Å². The first kappa shape index (κ1) is 15.2. The number of allylic oxidation sites excluding steroid dienone is 3. The van der Waals surface area contributed by atoms with Crippen LogP contribution in [0.4, 0.5) is 0 Å². The van der Waals surface area contributed by atoms with Crippen LogP contribution in [0.15, 0.2) is 23.8 Å². The van der Waals surface area contributed by atoms with Gasteiger partial charge < -0.3 is 0 Å². The van der Waals surface area contributed by atoms with E-state index in [0.29, 0.717) is 4.08 Å². The standard InChI is InChI=1S/C13H24S2/c1-6-8-11-15-13(7-2,14-5)10-9-12(3)4/h6,8-9H,7,10-11H2,1-5H3/b8-6+. The average molecular weight is 244 g/mol. The third-order valence-electron chi connectivity index (χ3n) is 2.41. The van der Waals surface area contributed by atoms with Crippen molar-refractivity contribution in [2.24, 2.45) is 0 Å². The van der Waals surface area contributed by atoms with Gasteiger partial charge in [-0.25, -0.2) is 0 Å². The normalized spacial score (nSPS) is 15.3. The maximum atomic E-state index is 2.36. The third-order valence-corrected chi connectivity index (χ3v) is 5.80. The Morgan fingerprint density at radius 1 is 1.33 bits per heavy atom. The van der Waals surface area contributed by atoms with Crippen LogP contribution < -0.4 is 0 Å². The van der Waals surface area contributed by atoms with Crippen LogP contribution in [-0.4, -0.2) is 16.1 Å². The molecule has 0 aliphatic heterocycles. The molecule has 0 aliphatic carbocycles. The van der Waals surface area contributed by atoms with Crippen molar-refractivity contribution >= 4 is 23.5 Å². The van der Waals surface area contributed by atoms with Gasteiger partial charge in [0.25, 0.3) is 0 Å². The molecule has 0 N–H and O–H groups in total. The number of hydrogen-bond donors (Lipinski definition) is 0. The molecule has 0 aromatic rings. The summed E-state index contributed by atoms with van der Waals surface area (Å²) in [5.74, 6) is 1.13. The van der Waals surface area contributed by atoms with Gasteiger partial charge in [-0.3, -0.25) is 0 Å². The summed E-state index contributed by atoms with van der Waals surface area (Å²) < 4.78 is 0.372. The minimum atomic E-state index is 0.372. The molecule has 0 fully saturated rings. The molecule has 0 saturated carbocycles. The fourth-order valence-electron chi connectivity index (χ4n) is 1.25. The smallest absolute Gasteiger partial charge is 0.0643 e. The Balaban J connectivity index is 4.36. The zero-order chi connectivity index (χ0) is 11.7. The largest absolute Gasteiger partial charge is 0.147 e. The molecule has 0 saturated heterocycles. The molecule has 2 heteroatoms. The summed E-state index contributed by atoms with van der Waals surface area (Å²) in [5.41, 5.74) is 1.42. The Labute approximate surface area is 104 Å². The summed E-state index contributed by atoms with van der Waals surface area (Å²) >= 11 is 4.06. The highest BCUT2D eigenvalue weighted by Gasteiger charge is 2.25. The lowest BCUT2D eigenvalue weighted by Gasteiger charge is -2.29. The van der Waals surface area contributed by atoms with Crippen LogP contribution >= 0.6 is 23.5 Å². The van der Waals surface area contributed by atoms with Crippen molar-refractivity contribution in [1.82, 2.24) is 0 Å². The first-order valence-corrected chi connectivity index (χ1v) is 7.75. The van der Waals surface area contributed by atoms with Crippen molar-refractivity contribution in [3.8, 4) is 0 Å². The first-order valence-electron chi connectivity index (χ1n) is 5.54. The molecule has 0 rings (SSSR count). The second kappa shape index (κ2) is 8.35. The molecule has 1 unspecified atom stereocenters. The molecule has 0 amide bonds. The quantitative estimate of drug-likeness (QED) is 0.450. The molecule has 0 aromatic heterocycles. The second-order valence-corrected chi connectivity index (χ2v) is 6.69. The van der Waals surface area contributed by atoms with Gasteiger partial charge in [-0.05, 0) is 39.9 Å². The highest BCUT2D eigenvalue weighted by Crippen LogP contribution is 2.42. The molecular formula is C13H24S2. The van der Waals surface area contributed by atoms with E-state index in [9.17, 15) is 0 Å². The van der Waals surface area contributed by atoms with E-state index in [2.05, 4.69) is 63.9 Å². The number of thioether (sulfide) groups is 2. The predicted molar refractivity (Wildman–Crippen MR) is 77.9 cm³/mol. The molecule has 0 aliphatic rings. The monoisotopic (exact) mass is 244 g/mol. The Morgan fingerprint density at radius 3 is 2.40 bits per heavy atom. The van der Waals surface area contributed by atoms with E-state index in [1.165, 1.54) is 18.4 Å². The highest BCUT2D eigenvalue weighted by atomic mass is 32.2. The Morgan fingerprint density at radius 2 is 2.00 bits per heavy atom. The van der Waals surface area contributed by atoms with Crippen LogP contribution in [0.2, 0.25) is 0 Å². The summed E-state index contributed by atoms with van der Waals surface area (Å²) in [7, 11) is 0. The van der Waals surface area contributed by atoms with Crippen LogP contribution in [0, 0.1) is 0 Å². The second-order valence-electron chi connectivity index (χ2n) is 3.83. The molecule has 15 heavy (non-hydrogen) atoms. The molecule has 0 radical (unpaired) electrons. The van der Waals surface area contributed by atoms with Gasteiger partial charge in [0.05, 0.1) is 4.08 Å². The van der Waals surface area contributed by atoms with Gasteiger partial charge in [0, 0.05) is 5.75 Å². The maximum absolute atomic E-state index is 2.36. The zero-order valence-corrected chi connectivity index (χ0v) is 12.3. The van der Waals surface area contributed by atoms with Crippen molar-refractivity contribution in [1.29, 1.82) is 0 Å². The molecule has 88 valence electrons. The number of rotatable bonds is 7. The van der Waals surface area contributed by atoms with Crippen molar-refractivity contribution in [3.63, 3.8) is 0 Å². The highest BCUT2D eigenvalue weighted by molar-refractivity contribution is 8.18. The van der Waals surface area contributed by atoms with Crippen molar-refractivity contribution < 1.29 is 0 Å². The summed E-state index contributed by atoms with van der Waals surface area (Å²) in [4.78, 5) is 0. The van der Waals surface area contributed by atoms with Gasteiger partial charge >= 0.3 is 0 Å².